The first-order valence-electron chi connectivity index (χ1n) is 12.0. The zero-order valence-corrected chi connectivity index (χ0v) is 22.0. The maximum atomic E-state index is 13.4. The molecule has 10 heteroatoms. The summed E-state index contributed by atoms with van der Waals surface area (Å²) in [5.74, 6) is -0.669. The number of hydrogen-bond acceptors (Lipinski definition) is 8. The number of carbonyl (C=O) groups excluding carboxylic acids is 1. The monoisotopic (exact) mass is 539 g/mol. The standard InChI is InChI=1S/C29H25N5O4S/c1-16-26(17(2)38-34-16)19-8-11-23-25(13-19)31-15-24(27(23)33-21-5-3-4-20(12-21)29(36)37)28(35)32-14-18-6-9-22(39-30)10-7-18/h3-13,15H,14,30H2,1-2H3,(H,31,33)(H,32,35)(H,36,37). The maximum absolute atomic E-state index is 13.4. The predicted molar refractivity (Wildman–Crippen MR) is 151 cm³/mol. The summed E-state index contributed by atoms with van der Waals surface area (Å²) in [6, 6.07) is 19.7. The molecule has 1 amide bonds. The van der Waals surface area contributed by atoms with E-state index >= 15 is 0 Å². The lowest BCUT2D eigenvalue weighted by molar-refractivity contribution is 0.0696. The number of nitrogens with zero attached hydrogens (tertiary/aromatic N) is 2. The molecule has 3 aromatic carbocycles. The number of anilines is 2. The number of aryl methyl sites for hydroxylation is 2. The molecular weight excluding hydrogens is 514 g/mol. The first-order chi connectivity index (χ1) is 18.8. The van der Waals surface area contributed by atoms with Crippen LogP contribution in [0, 0.1) is 13.8 Å². The van der Waals surface area contributed by atoms with Crippen molar-refractivity contribution in [3.8, 4) is 11.1 Å². The van der Waals surface area contributed by atoms with Crippen LogP contribution in [0.3, 0.4) is 0 Å². The molecule has 0 bridgehead atoms. The zero-order valence-electron chi connectivity index (χ0n) is 21.2. The normalized spacial score (nSPS) is 10.9. The molecule has 0 saturated heterocycles. The SMILES string of the molecule is Cc1noc(C)c1-c1ccc2c(Nc3cccc(C(=O)O)c3)c(C(=O)NCc3ccc(SN)cc3)cnc2c1. The van der Waals surface area contributed by atoms with Crippen LogP contribution >= 0.6 is 11.9 Å². The third kappa shape index (κ3) is 5.47. The Hall–Kier alpha value is -4.67. The van der Waals surface area contributed by atoms with Crippen LogP contribution in [0.5, 0.6) is 0 Å². The summed E-state index contributed by atoms with van der Waals surface area (Å²) in [6.07, 6.45) is 1.52. The molecule has 0 fully saturated rings. The Morgan fingerprint density at radius 3 is 2.54 bits per heavy atom. The summed E-state index contributed by atoms with van der Waals surface area (Å²) >= 11 is 1.16. The van der Waals surface area contributed by atoms with E-state index in [2.05, 4.69) is 20.8 Å². The Balaban J connectivity index is 1.54. The van der Waals surface area contributed by atoms with Crippen molar-refractivity contribution in [1.29, 1.82) is 0 Å². The van der Waals surface area contributed by atoms with Crippen LogP contribution in [-0.2, 0) is 6.54 Å². The number of aromatic carboxylic acids is 1. The number of pyridine rings is 1. The molecule has 5 aromatic rings. The highest BCUT2D eigenvalue weighted by Crippen LogP contribution is 2.34. The number of nitrogens with two attached hydrogens (primary N) is 1. The molecule has 0 saturated carbocycles. The molecule has 0 atom stereocenters. The van der Waals surface area contributed by atoms with Crippen LogP contribution in [-0.4, -0.2) is 27.1 Å². The van der Waals surface area contributed by atoms with Gasteiger partial charge in [-0.05, 0) is 73.3 Å². The summed E-state index contributed by atoms with van der Waals surface area (Å²) in [6.45, 7) is 4.04. The van der Waals surface area contributed by atoms with Gasteiger partial charge in [-0.1, -0.05) is 35.5 Å². The molecule has 0 radical (unpaired) electrons. The minimum absolute atomic E-state index is 0.129. The molecule has 0 unspecified atom stereocenters. The van der Waals surface area contributed by atoms with Gasteiger partial charge in [0.2, 0.25) is 0 Å². The number of carbonyl (C=O) groups is 2. The number of carboxylic acid groups (broad SMARTS) is 1. The quantitative estimate of drug-likeness (QED) is 0.179. The largest absolute Gasteiger partial charge is 0.478 e. The van der Waals surface area contributed by atoms with E-state index in [1.807, 2.05) is 56.3 Å². The van der Waals surface area contributed by atoms with Gasteiger partial charge in [0, 0.05) is 34.3 Å². The van der Waals surface area contributed by atoms with E-state index in [4.69, 9.17) is 9.66 Å². The van der Waals surface area contributed by atoms with E-state index in [9.17, 15) is 14.7 Å². The number of carboxylic acids is 1. The van der Waals surface area contributed by atoms with Crippen LogP contribution in [0.4, 0.5) is 11.4 Å². The minimum atomic E-state index is -1.04. The summed E-state index contributed by atoms with van der Waals surface area (Å²) < 4.78 is 5.33. The average Bonchev–Trinajstić information content (AvgIpc) is 3.29. The third-order valence-electron chi connectivity index (χ3n) is 6.33. The summed E-state index contributed by atoms with van der Waals surface area (Å²) in [4.78, 5) is 30.4. The Morgan fingerprint density at radius 1 is 1.05 bits per heavy atom. The highest BCUT2D eigenvalue weighted by atomic mass is 32.2. The number of amides is 1. The van der Waals surface area contributed by atoms with Gasteiger partial charge in [0.15, 0.2) is 0 Å². The second-order valence-electron chi connectivity index (χ2n) is 8.93. The number of hydrogen-bond donors (Lipinski definition) is 4. The third-order valence-corrected chi connectivity index (χ3v) is 6.87. The van der Waals surface area contributed by atoms with Crippen LogP contribution in [0.25, 0.3) is 22.0 Å². The summed E-state index contributed by atoms with van der Waals surface area (Å²) in [5, 5.41) is 26.0. The van der Waals surface area contributed by atoms with Crippen molar-refractivity contribution in [3.05, 3.63) is 101 Å². The maximum Gasteiger partial charge on any atom is 0.335 e. The van der Waals surface area contributed by atoms with Crippen LogP contribution in [0.2, 0.25) is 0 Å². The minimum Gasteiger partial charge on any atom is -0.478 e. The molecule has 0 aliphatic carbocycles. The van der Waals surface area contributed by atoms with Gasteiger partial charge in [0.25, 0.3) is 5.91 Å². The molecule has 5 N–H and O–H groups in total. The highest BCUT2D eigenvalue weighted by Gasteiger charge is 2.19. The van der Waals surface area contributed by atoms with Crippen molar-refractivity contribution < 1.29 is 19.2 Å². The first kappa shape index (κ1) is 26.0. The first-order valence-corrected chi connectivity index (χ1v) is 12.9. The lowest BCUT2D eigenvalue weighted by Crippen LogP contribution is -2.24. The second kappa shape index (κ2) is 11.0. The predicted octanol–water partition coefficient (Wildman–Crippen LogP) is 5.84. The van der Waals surface area contributed by atoms with Gasteiger partial charge in [-0.2, -0.15) is 0 Å². The molecular formula is C29H25N5O4S. The van der Waals surface area contributed by atoms with Crippen LogP contribution < -0.4 is 15.8 Å². The number of fused-ring (bicyclic) bond motifs is 1. The molecule has 9 nitrogen and oxygen atoms in total. The molecule has 2 heterocycles. The fraction of sp³-hybridized carbons (Fsp3) is 0.103. The number of aromatic nitrogens is 2. The number of rotatable bonds is 8. The smallest absolute Gasteiger partial charge is 0.335 e. The van der Waals surface area contributed by atoms with E-state index in [0.717, 1.165) is 39.2 Å². The Bertz CT molecular complexity index is 1680. The van der Waals surface area contributed by atoms with Gasteiger partial charge < -0.3 is 20.3 Å². The average molecular weight is 540 g/mol. The van der Waals surface area contributed by atoms with E-state index in [-0.39, 0.29) is 11.5 Å². The van der Waals surface area contributed by atoms with Crippen LogP contribution in [0.15, 0.2) is 82.3 Å². The fourth-order valence-electron chi connectivity index (χ4n) is 4.39. The van der Waals surface area contributed by atoms with E-state index in [1.165, 1.54) is 18.3 Å². The second-order valence-corrected chi connectivity index (χ2v) is 9.64. The van der Waals surface area contributed by atoms with Crippen molar-refractivity contribution in [3.63, 3.8) is 0 Å². The van der Waals surface area contributed by atoms with Crippen molar-refractivity contribution >= 4 is 46.1 Å². The van der Waals surface area contributed by atoms with Gasteiger partial charge >= 0.3 is 5.97 Å². The van der Waals surface area contributed by atoms with Gasteiger partial charge in [-0.25, -0.2) is 4.79 Å². The molecule has 196 valence electrons. The Kier molecular flexibility index (Phi) is 7.31. The lowest BCUT2D eigenvalue weighted by atomic mass is 10.0. The Labute approximate surface area is 228 Å². The van der Waals surface area contributed by atoms with E-state index < -0.39 is 5.97 Å². The summed E-state index contributed by atoms with van der Waals surface area (Å²) in [7, 11) is 0. The summed E-state index contributed by atoms with van der Waals surface area (Å²) in [5.41, 5.74) is 5.61. The van der Waals surface area contributed by atoms with Crippen LogP contribution in [0.1, 0.15) is 37.7 Å². The molecule has 0 spiro atoms. The molecule has 0 aliphatic rings. The Morgan fingerprint density at radius 2 is 1.85 bits per heavy atom. The molecule has 2 aromatic heterocycles. The molecule has 0 aliphatic heterocycles. The van der Waals surface area contributed by atoms with Gasteiger partial charge in [0.05, 0.1) is 28.0 Å². The number of nitrogens with one attached hydrogen (secondary N) is 2. The molecule has 5 rings (SSSR count). The topological polar surface area (TPSA) is 143 Å². The highest BCUT2D eigenvalue weighted by molar-refractivity contribution is 7.97. The van der Waals surface area contributed by atoms with Gasteiger partial charge in [-0.15, -0.1) is 0 Å². The fourth-order valence-corrected chi connectivity index (χ4v) is 4.68. The van der Waals surface area contributed by atoms with Crippen molar-refractivity contribution in [2.24, 2.45) is 5.14 Å². The van der Waals surface area contributed by atoms with E-state index in [1.54, 1.807) is 12.1 Å². The van der Waals surface area contributed by atoms with E-state index in [0.29, 0.717) is 40.1 Å². The molecule has 39 heavy (non-hydrogen) atoms. The van der Waals surface area contributed by atoms with Crippen molar-refractivity contribution in [2.75, 3.05) is 5.32 Å². The number of benzene rings is 3. The zero-order chi connectivity index (χ0) is 27.5. The van der Waals surface area contributed by atoms with Crippen molar-refractivity contribution in [1.82, 2.24) is 15.5 Å². The van der Waals surface area contributed by atoms with Gasteiger partial charge in [-0.3, -0.25) is 14.9 Å². The van der Waals surface area contributed by atoms with Gasteiger partial charge in [0.1, 0.15) is 5.76 Å². The van der Waals surface area contributed by atoms with Crippen molar-refractivity contribution in [2.45, 2.75) is 25.3 Å². The lowest BCUT2D eigenvalue weighted by Gasteiger charge is -2.16.